The standard InChI is InChI=1S/C23H36N4O2/c1-23(2,3)16-27-13-12-19-21(27)22(29)25-15-18(26(19)4)10-11-20(28)24-14-17-8-6-5-7-9-17/h5-9,18-19,21H,10-16H2,1-4H3,(H,24,28)(H,25,29)/t18-,19-,21-/m0/s1. The van der Waals surface area contributed by atoms with Crippen LogP contribution in [0.4, 0.5) is 0 Å². The number of likely N-dealkylation sites (tertiary alicyclic amines) is 1. The Bertz CT molecular complexity index is 701. The average Bonchev–Trinajstić information content (AvgIpc) is 3.03. The van der Waals surface area contributed by atoms with Gasteiger partial charge in [0, 0.05) is 44.7 Å². The maximum atomic E-state index is 12.8. The van der Waals surface area contributed by atoms with E-state index in [-0.39, 0.29) is 35.4 Å². The average molecular weight is 401 g/mol. The number of nitrogens with zero attached hydrogens (tertiary/aromatic N) is 2. The highest BCUT2D eigenvalue weighted by Gasteiger charge is 2.45. The Kier molecular flexibility index (Phi) is 6.96. The summed E-state index contributed by atoms with van der Waals surface area (Å²) < 4.78 is 0. The number of benzene rings is 1. The van der Waals surface area contributed by atoms with Crippen LogP contribution in [0.25, 0.3) is 0 Å². The van der Waals surface area contributed by atoms with Crippen LogP contribution in [0.1, 0.15) is 45.6 Å². The third-order valence-corrected chi connectivity index (χ3v) is 6.06. The summed E-state index contributed by atoms with van der Waals surface area (Å²) in [4.78, 5) is 29.8. The molecule has 2 N–H and O–H groups in total. The number of hydrogen-bond acceptors (Lipinski definition) is 4. The van der Waals surface area contributed by atoms with Crippen LogP contribution in [-0.2, 0) is 16.1 Å². The number of hydrogen-bond donors (Lipinski definition) is 2. The summed E-state index contributed by atoms with van der Waals surface area (Å²) >= 11 is 0. The molecule has 2 amide bonds. The van der Waals surface area contributed by atoms with Crippen molar-refractivity contribution in [1.29, 1.82) is 0 Å². The van der Waals surface area contributed by atoms with Crippen LogP contribution in [0.2, 0.25) is 0 Å². The van der Waals surface area contributed by atoms with E-state index < -0.39 is 0 Å². The largest absolute Gasteiger partial charge is 0.353 e. The van der Waals surface area contributed by atoms with Gasteiger partial charge in [-0.3, -0.25) is 19.4 Å². The summed E-state index contributed by atoms with van der Waals surface area (Å²) in [5, 5.41) is 6.14. The Labute approximate surface area is 175 Å². The molecule has 0 spiro atoms. The second-order valence-corrected chi connectivity index (χ2v) is 9.70. The Morgan fingerprint density at radius 1 is 1.24 bits per heavy atom. The van der Waals surface area contributed by atoms with E-state index in [0.29, 0.717) is 19.5 Å². The van der Waals surface area contributed by atoms with Crippen molar-refractivity contribution in [1.82, 2.24) is 20.4 Å². The molecule has 2 fully saturated rings. The minimum Gasteiger partial charge on any atom is -0.353 e. The van der Waals surface area contributed by atoms with Crippen molar-refractivity contribution in [2.75, 3.05) is 26.7 Å². The molecule has 0 aliphatic carbocycles. The molecule has 6 nitrogen and oxygen atoms in total. The van der Waals surface area contributed by atoms with E-state index in [1.165, 1.54) is 0 Å². The zero-order valence-corrected chi connectivity index (χ0v) is 18.3. The predicted octanol–water partition coefficient (Wildman–Crippen LogP) is 2.00. The lowest BCUT2D eigenvalue weighted by molar-refractivity contribution is -0.126. The SMILES string of the molecule is CN1[C@@H](CCC(=O)NCc2ccccc2)CNC(=O)[C@@H]2[C@@H]1CCN2CC(C)(C)C. The van der Waals surface area contributed by atoms with Gasteiger partial charge in [-0.15, -0.1) is 0 Å². The van der Waals surface area contributed by atoms with Crippen molar-refractivity contribution >= 4 is 11.8 Å². The van der Waals surface area contributed by atoms with Crippen LogP contribution in [0.5, 0.6) is 0 Å². The van der Waals surface area contributed by atoms with Crippen molar-refractivity contribution in [2.24, 2.45) is 5.41 Å². The number of carbonyl (C=O) groups excluding carboxylic acids is 2. The number of nitrogens with one attached hydrogen (secondary N) is 2. The second kappa shape index (κ2) is 9.26. The van der Waals surface area contributed by atoms with Crippen LogP contribution in [0, 0.1) is 5.41 Å². The first-order chi connectivity index (χ1) is 13.7. The Hall–Kier alpha value is -1.92. The molecule has 29 heavy (non-hydrogen) atoms. The zero-order valence-electron chi connectivity index (χ0n) is 18.3. The third-order valence-electron chi connectivity index (χ3n) is 6.06. The van der Waals surface area contributed by atoms with Gasteiger partial charge in [-0.05, 0) is 30.9 Å². The summed E-state index contributed by atoms with van der Waals surface area (Å²) in [5.41, 5.74) is 1.27. The van der Waals surface area contributed by atoms with Gasteiger partial charge in [-0.1, -0.05) is 51.1 Å². The predicted molar refractivity (Wildman–Crippen MR) is 115 cm³/mol. The van der Waals surface area contributed by atoms with Crippen LogP contribution >= 0.6 is 0 Å². The van der Waals surface area contributed by atoms with Crippen LogP contribution in [-0.4, -0.2) is 66.4 Å². The summed E-state index contributed by atoms with van der Waals surface area (Å²) in [6.45, 7) is 9.69. The minimum absolute atomic E-state index is 0.0650. The molecule has 1 aromatic rings. The van der Waals surface area contributed by atoms with E-state index in [1.807, 2.05) is 30.3 Å². The molecule has 160 valence electrons. The fraction of sp³-hybridized carbons (Fsp3) is 0.652. The highest BCUT2D eigenvalue weighted by Crippen LogP contribution is 2.30. The van der Waals surface area contributed by atoms with Crippen molar-refractivity contribution in [3.8, 4) is 0 Å². The monoisotopic (exact) mass is 400 g/mol. The van der Waals surface area contributed by atoms with Gasteiger partial charge in [0.05, 0.1) is 0 Å². The molecular weight excluding hydrogens is 364 g/mol. The molecule has 1 aromatic carbocycles. The number of fused-ring (bicyclic) bond motifs is 1. The highest BCUT2D eigenvalue weighted by atomic mass is 16.2. The van der Waals surface area contributed by atoms with Crippen LogP contribution in [0.3, 0.4) is 0 Å². The Balaban J connectivity index is 1.54. The van der Waals surface area contributed by atoms with Gasteiger partial charge in [-0.2, -0.15) is 0 Å². The van der Waals surface area contributed by atoms with Gasteiger partial charge in [0.25, 0.3) is 0 Å². The first kappa shape index (κ1) is 21.8. The lowest BCUT2D eigenvalue weighted by Crippen LogP contribution is -2.51. The number of rotatable bonds is 6. The van der Waals surface area contributed by atoms with Crippen molar-refractivity contribution in [3.05, 3.63) is 35.9 Å². The Morgan fingerprint density at radius 2 is 1.97 bits per heavy atom. The van der Waals surface area contributed by atoms with Gasteiger partial charge in [-0.25, -0.2) is 0 Å². The normalized spacial score (nSPS) is 25.9. The Morgan fingerprint density at radius 3 is 2.66 bits per heavy atom. The lowest BCUT2D eigenvalue weighted by atomic mass is 9.95. The first-order valence-electron chi connectivity index (χ1n) is 10.8. The van der Waals surface area contributed by atoms with E-state index >= 15 is 0 Å². The third kappa shape index (κ3) is 5.80. The minimum atomic E-state index is -0.0869. The lowest BCUT2D eigenvalue weighted by Gasteiger charge is -2.34. The van der Waals surface area contributed by atoms with Crippen molar-refractivity contribution in [2.45, 2.75) is 64.7 Å². The fourth-order valence-electron chi connectivity index (χ4n) is 4.62. The van der Waals surface area contributed by atoms with Gasteiger partial charge >= 0.3 is 0 Å². The van der Waals surface area contributed by atoms with E-state index in [2.05, 4.69) is 48.3 Å². The number of likely N-dealkylation sites (N-methyl/N-ethyl adjacent to an activating group) is 1. The molecule has 3 rings (SSSR count). The molecule has 0 aromatic heterocycles. The molecule has 2 aliphatic rings. The van der Waals surface area contributed by atoms with E-state index in [9.17, 15) is 9.59 Å². The second-order valence-electron chi connectivity index (χ2n) is 9.70. The summed E-state index contributed by atoms with van der Waals surface area (Å²) in [6.07, 6.45) is 2.22. The number of amides is 2. The van der Waals surface area contributed by atoms with Crippen LogP contribution < -0.4 is 10.6 Å². The van der Waals surface area contributed by atoms with E-state index in [1.54, 1.807) is 0 Å². The molecule has 2 aliphatic heterocycles. The maximum Gasteiger partial charge on any atom is 0.239 e. The van der Waals surface area contributed by atoms with E-state index in [4.69, 9.17) is 0 Å². The first-order valence-corrected chi connectivity index (χ1v) is 10.8. The van der Waals surface area contributed by atoms with Gasteiger partial charge in [0.1, 0.15) is 6.04 Å². The molecular formula is C23H36N4O2. The van der Waals surface area contributed by atoms with Gasteiger partial charge < -0.3 is 10.6 Å². The van der Waals surface area contributed by atoms with Gasteiger partial charge in [0.2, 0.25) is 11.8 Å². The summed E-state index contributed by atoms with van der Waals surface area (Å²) in [5.74, 6) is 0.204. The van der Waals surface area contributed by atoms with Gasteiger partial charge in [0.15, 0.2) is 0 Å². The molecule has 2 saturated heterocycles. The topological polar surface area (TPSA) is 64.7 Å². The zero-order chi connectivity index (χ0) is 21.0. The smallest absolute Gasteiger partial charge is 0.239 e. The van der Waals surface area contributed by atoms with Crippen molar-refractivity contribution < 1.29 is 9.59 Å². The molecule has 0 saturated carbocycles. The molecule has 0 unspecified atom stereocenters. The van der Waals surface area contributed by atoms with E-state index in [0.717, 1.165) is 31.5 Å². The molecule has 6 heteroatoms. The van der Waals surface area contributed by atoms with Crippen molar-refractivity contribution in [3.63, 3.8) is 0 Å². The number of carbonyl (C=O) groups is 2. The summed E-state index contributed by atoms with van der Waals surface area (Å²) in [6, 6.07) is 10.3. The molecule has 0 radical (unpaired) electrons. The maximum absolute atomic E-state index is 12.8. The quantitative estimate of drug-likeness (QED) is 0.767. The highest BCUT2D eigenvalue weighted by molar-refractivity contribution is 5.83. The molecule has 0 bridgehead atoms. The molecule has 3 atom stereocenters. The molecule has 2 heterocycles. The fourth-order valence-corrected chi connectivity index (χ4v) is 4.62. The summed E-state index contributed by atoms with van der Waals surface area (Å²) in [7, 11) is 2.12. The van der Waals surface area contributed by atoms with Crippen LogP contribution in [0.15, 0.2) is 30.3 Å².